The Bertz CT molecular complexity index is 433. The van der Waals surface area contributed by atoms with E-state index < -0.39 is 0 Å². The van der Waals surface area contributed by atoms with Crippen molar-refractivity contribution in [1.29, 1.82) is 0 Å². The average Bonchev–Trinajstić information content (AvgIpc) is 2.97. The van der Waals surface area contributed by atoms with Crippen molar-refractivity contribution in [3.8, 4) is 0 Å². The fourth-order valence-electron chi connectivity index (χ4n) is 2.50. The summed E-state index contributed by atoms with van der Waals surface area (Å²) in [6, 6.07) is 0. The topological polar surface area (TPSA) is 38.2 Å². The molecule has 1 saturated heterocycles. The van der Waals surface area contributed by atoms with Crippen molar-refractivity contribution in [3.63, 3.8) is 0 Å². The SMILES string of the molecule is CCN(CC1CCCO1)c1cnc(C(C)C)nc1CCl. The van der Waals surface area contributed by atoms with Crippen molar-refractivity contribution in [3.05, 3.63) is 17.7 Å². The number of hydrogen-bond donors (Lipinski definition) is 0. The number of rotatable bonds is 6. The lowest BCUT2D eigenvalue weighted by atomic mass is 10.2. The van der Waals surface area contributed by atoms with E-state index in [1.807, 2.05) is 6.20 Å². The summed E-state index contributed by atoms with van der Waals surface area (Å²) < 4.78 is 5.73. The molecule has 0 aromatic carbocycles. The molecule has 0 aliphatic carbocycles. The van der Waals surface area contributed by atoms with Crippen molar-refractivity contribution < 1.29 is 4.74 Å². The Morgan fingerprint density at radius 1 is 1.50 bits per heavy atom. The van der Waals surface area contributed by atoms with Crippen LogP contribution in [0.3, 0.4) is 0 Å². The Balaban J connectivity index is 2.19. The Hall–Kier alpha value is -0.870. The Kier molecular flexibility index (Phi) is 5.61. The molecule has 1 aliphatic heterocycles. The van der Waals surface area contributed by atoms with Gasteiger partial charge < -0.3 is 9.64 Å². The van der Waals surface area contributed by atoms with E-state index >= 15 is 0 Å². The minimum absolute atomic E-state index is 0.319. The minimum atomic E-state index is 0.319. The first-order chi connectivity index (χ1) is 9.65. The van der Waals surface area contributed by atoms with Crippen molar-refractivity contribution in [2.75, 3.05) is 24.6 Å². The van der Waals surface area contributed by atoms with Gasteiger partial charge in [0.1, 0.15) is 5.82 Å². The molecular weight excluding hydrogens is 274 g/mol. The maximum Gasteiger partial charge on any atom is 0.131 e. The first kappa shape index (κ1) is 15.5. The van der Waals surface area contributed by atoms with Gasteiger partial charge in [0.25, 0.3) is 0 Å². The largest absolute Gasteiger partial charge is 0.376 e. The second-order valence-electron chi connectivity index (χ2n) is 5.52. The highest BCUT2D eigenvalue weighted by Gasteiger charge is 2.21. The lowest BCUT2D eigenvalue weighted by Gasteiger charge is -2.27. The molecule has 5 heteroatoms. The smallest absolute Gasteiger partial charge is 0.131 e. The fourth-order valence-corrected chi connectivity index (χ4v) is 2.70. The summed E-state index contributed by atoms with van der Waals surface area (Å²) >= 11 is 6.08. The molecule has 20 heavy (non-hydrogen) atoms. The molecule has 1 unspecified atom stereocenters. The van der Waals surface area contributed by atoms with Gasteiger partial charge in [-0.05, 0) is 19.8 Å². The van der Waals surface area contributed by atoms with E-state index in [1.165, 1.54) is 0 Å². The van der Waals surface area contributed by atoms with Crippen LogP contribution < -0.4 is 4.90 Å². The number of halogens is 1. The molecule has 0 amide bonds. The van der Waals surface area contributed by atoms with Crippen molar-refractivity contribution in [2.24, 2.45) is 0 Å². The van der Waals surface area contributed by atoms with Gasteiger partial charge in [0.2, 0.25) is 0 Å². The van der Waals surface area contributed by atoms with Gasteiger partial charge >= 0.3 is 0 Å². The van der Waals surface area contributed by atoms with Gasteiger partial charge in [-0.1, -0.05) is 13.8 Å². The third-order valence-corrected chi connectivity index (χ3v) is 3.93. The van der Waals surface area contributed by atoms with E-state index in [1.54, 1.807) is 0 Å². The Labute approximate surface area is 126 Å². The lowest BCUT2D eigenvalue weighted by Crippen LogP contribution is -2.33. The van der Waals surface area contributed by atoms with Gasteiger partial charge in [-0.25, -0.2) is 9.97 Å². The van der Waals surface area contributed by atoms with Crippen LogP contribution in [0.15, 0.2) is 6.20 Å². The van der Waals surface area contributed by atoms with E-state index in [4.69, 9.17) is 16.3 Å². The maximum atomic E-state index is 6.08. The summed E-state index contributed by atoms with van der Waals surface area (Å²) in [6.45, 7) is 9.02. The molecule has 0 saturated carbocycles. The van der Waals surface area contributed by atoms with E-state index in [0.29, 0.717) is 17.9 Å². The van der Waals surface area contributed by atoms with Gasteiger partial charge in [0, 0.05) is 25.6 Å². The van der Waals surface area contributed by atoms with Gasteiger partial charge in [-0.2, -0.15) is 0 Å². The van der Waals surface area contributed by atoms with Crippen LogP contribution in [-0.4, -0.2) is 35.8 Å². The molecule has 4 nitrogen and oxygen atoms in total. The summed E-state index contributed by atoms with van der Waals surface area (Å²) in [5.74, 6) is 1.59. The van der Waals surface area contributed by atoms with E-state index in [9.17, 15) is 0 Å². The predicted molar refractivity (Wildman–Crippen MR) is 82.5 cm³/mol. The van der Waals surface area contributed by atoms with Gasteiger partial charge in [-0.15, -0.1) is 11.6 Å². The highest BCUT2D eigenvalue weighted by atomic mass is 35.5. The van der Waals surface area contributed by atoms with Crippen LogP contribution in [0.5, 0.6) is 0 Å². The zero-order valence-electron chi connectivity index (χ0n) is 12.6. The molecule has 1 aromatic heterocycles. The van der Waals surface area contributed by atoms with Crippen LogP contribution in [0.4, 0.5) is 5.69 Å². The Morgan fingerprint density at radius 2 is 2.30 bits per heavy atom. The van der Waals surface area contributed by atoms with Crippen LogP contribution in [0.25, 0.3) is 0 Å². The molecule has 1 aromatic rings. The molecule has 0 radical (unpaired) electrons. The third kappa shape index (κ3) is 3.61. The molecule has 0 spiro atoms. The van der Waals surface area contributed by atoms with Crippen molar-refractivity contribution in [2.45, 2.75) is 51.5 Å². The normalized spacial score (nSPS) is 18.8. The van der Waals surface area contributed by atoms with Crippen LogP contribution in [0.2, 0.25) is 0 Å². The first-order valence-corrected chi connectivity index (χ1v) is 7.97. The number of alkyl halides is 1. The lowest BCUT2D eigenvalue weighted by molar-refractivity contribution is 0.115. The van der Waals surface area contributed by atoms with Crippen LogP contribution in [0.1, 0.15) is 51.0 Å². The summed E-state index contributed by atoms with van der Waals surface area (Å²) in [6.07, 6.45) is 4.53. The number of nitrogens with zero attached hydrogens (tertiary/aromatic N) is 3. The molecule has 1 aliphatic rings. The number of likely N-dealkylation sites (N-methyl/N-ethyl adjacent to an activating group) is 1. The van der Waals surface area contributed by atoms with Gasteiger partial charge in [0.15, 0.2) is 0 Å². The highest BCUT2D eigenvalue weighted by molar-refractivity contribution is 6.17. The van der Waals surface area contributed by atoms with Crippen LogP contribution >= 0.6 is 11.6 Å². The molecule has 2 rings (SSSR count). The standard InChI is InChI=1S/C15H24ClN3O/c1-4-19(10-12-6-5-7-20-12)14-9-17-15(11(2)3)18-13(14)8-16/h9,11-12H,4-8,10H2,1-3H3. The van der Waals surface area contributed by atoms with Crippen LogP contribution in [0, 0.1) is 0 Å². The number of hydrogen-bond acceptors (Lipinski definition) is 4. The van der Waals surface area contributed by atoms with Gasteiger partial charge in [0.05, 0.1) is 29.6 Å². The molecule has 0 bridgehead atoms. The molecular formula is C15H24ClN3O. The molecule has 1 fully saturated rings. The van der Waals surface area contributed by atoms with Gasteiger partial charge in [-0.3, -0.25) is 0 Å². The highest BCUT2D eigenvalue weighted by Crippen LogP contribution is 2.24. The van der Waals surface area contributed by atoms with Crippen molar-refractivity contribution in [1.82, 2.24) is 9.97 Å². The quantitative estimate of drug-likeness (QED) is 0.755. The number of anilines is 1. The summed E-state index contributed by atoms with van der Waals surface area (Å²) in [5, 5.41) is 0. The average molecular weight is 298 g/mol. The van der Waals surface area contributed by atoms with Crippen LogP contribution in [-0.2, 0) is 10.6 Å². The number of ether oxygens (including phenoxy) is 1. The summed E-state index contributed by atoms with van der Waals surface area (Å²) in [7, 11) is 0. The van der Waals surface area contributed by atoms with E-state index in [2.05, 4.69) is 35.6 Å². The zero-order chi connectivity index (χ0) is 14.5. The minimum Gasteiger partial charge on any atom is -0.376 e. The zero-order valence-corrected chi connectivity index (χ0v) is 13.4. The van der Waals surface area contributed by atoms with Crippen molar-refractivity contribution >= 4 is 17.3 Å². The predicted octanol–water partition coefficient (Wildman–Crippen LogP) is 3.34. The maximum absolute atomic E-state index is 6.08. The number of aromatic nitrogens is 2. The monoisotopic (exact) mass is 297 g/mol. The second kappa shape index (κ2) is 7.23. The summed E-state index contributed by atoms with van der Waals surface area (Å²) in [5.41, 5.74) is 1.97. The third-order valence-electron chi connectivity index (χ3n) is 3.68. The van der Waals surface area contributed by atoms with E-state index in [-0.39, 0.29) is 0 Å². The molecule has 0 N–H and O–H groups in total. The Morgan fingerprint density at radius 3 is 2.85 bits per heavy atom. The molecule has 1 atom stereocenters. The van der Waals surface area contributed by atoms with E-state index in [0.717, 1.165) is 49.7 Å². The molecule has 2 heterocycles. The fraction of sp³-hybridized carbons (Fsp3) is 0.733. The second-order valence-corrected chi connectivity index (χ2v) is 5.79. The first-order valence-electron chi connectivity index (χ1n) is 7.44. The molecule has 112 valence electrons. The summed E-state index contributed by atoms with van der Waals surface area (Å²) in [4.78, 5) is 11.4.